The van der Waals surface area contributed by atoms with E-state index in [1.54, 1.807) is 0 Å². The molecule has 1 N–H and O–H groups in total. The van der Waals surface area contributed by atoms with E-state index in [0.717, 1.165) is 73.1 Å². The molecule has 0 bridgehead atoms. The molecule has 8 nitrogen and oxygen atoms in total. The summed E-state index contributed by atoms with van der Waals surface area (Å²) in [6.07, 6.45) is 7.89. The number of H-pyrrole nitrogens is 1. The third kappa shape index (κ3) is 4.66. The van der Waals surface area contributed by atoms with Crippen molar-refractivity contribution in [3.63, 3.8) is 0 Å². The second-order valence-electron chi connectivity index (χ2n) is 10.1. The van der Waals surface area contributed by atoms with Crippen LogP contribution in [-0.2, 0) is 11.3 Å². The number of aromatic nitrogens is 5. The van der Waals surface area contributed by atoms with E-state index in [2.05, 4.69) is 63.0 Å². The first-order chi connectivity index (χ1) is 16.5. The van der Waals surface area contributed by atoms with Crippen molar-refractivity contribution in [2.24, 2.45) is 0 Å². The fourth-order valence-corrected chi connectivity index (χ4v) is 5.84. The maximum atomic E-state index is 13.1. The predicted molar refractivity (Wildman–Crippen MR) is 132 cm³/mol. The Morgan fingerprint density at radius 3 is 2.74 bits per heavy atom. The Hall–Kier alpha value is -2.58. The lowest BCUT2D eigenvalue weighted by molar-refractivity contribution is 0.0484. The first-order valence-electron chi connectivity index (χ1n) is 12.8. The van der Waals surface area contributed by atoms with Crippen molar-refractivity contribution in [1.29, 1.82) is 0 Å². The summed E-state index contributed by atoms with van der Waals surface area (Å²) in [4.78, 5) is 18.6. The second-order valence-corrected chi connectivity index (χ2v) is 10.1. The van der Waals surface area contributed by atoms with Crippen LogP contribution < -0.4 is 5.56 Å². The van der Waals surface area contributed by atoms with Crippen LogP contribution >= 0.6 is 0 Å². The Morgan fingerprint density at radius 2 is 2.00 bits per heavy atom. The maximum absolute atomic E-state index is 13.1. The molecule has 1 saturated heterocycles. The van der Waals surface area contributed by atoms with Gasteiger partial charge < -0.3 is 9.72 Å². The summed E-state index contributed by atoms with van der Waals surface area (Å²) in [5, 5.41) is 14.1. The van der Waals surface area contributed by atoms with E-state index in [9.17, 15) is 4.79 Å². The average Bonchev–Trinajstić information content (AvgIpc) is 3.58. The molecule has 3 aromatic rings. The Bertz CT molecular complexity index is 1190. The van der Waals surface area contributed by atoms with Crippen LogP contribution in [0.1, 0.15) is 86.5 Å². The van der Waals surface area contributed by atoms with E-state index >= 15 is 0 Å². The lowest BCUT2D eigenvalue weighted by Gasteiger charge is -2.32. The number of aromatic amines is 1. The SMILES string of the molecule is CC[C@@H](c1nnnn1C1CCCC1)N(Cc1cc2c(C)cc(C)cc2[nH]c1=O)C[C@@H]1CCCO1. The number of nitrogens with one attached hydrogen (secondary N) is 1. The van der Waals surface area contributed by atoms with Crippen molar-refractivity contribution in [3.05, 3.63) is 51.1 Å². The summed E-state index contributed by atoms with van der Waals surface area (Å²) in [5.74, 6) is 0.913. The third-order valence-electron chi connectivity index (χ3n) is 7.54. The summed E-state index contributed by atoms with van der Waals surface area (Å²) in [6, 6.07) is 6.67. The molecule has 0 unspecified atom stereocenters. The minimum atomic E-state index is -0.0277. The molecule has 2 aliphatic rings. The van der Waals surface area contributed by atoms with Gasteiger partial charge >= 0.3 is 0 Å². The van der Waals surface area contributed by atoms with Gasteiger partial charge in [0.25, 0.3) is 5.56 Å². The zero-order chi connectivity index (χ0) is 23.7. The number of hydrogen-bond donors (Lipinski definition) is 1. The van der Waals surface area contributed by atoms with Crippen molar-refractivity contribution in [2.45, 2.75) is 90.4 Å². The van der Waals surface area contributed by atoms with Crippen LogP contribution in [-0.4, -0.2) is 49.3 Å². The second kappa shape index (κ2) is 9.96. The van der Waals surface area contributed by atoms with Gasteiger partial charge in [-0.05, 0) is 79.6 Å². The van der Waals surface area contributed by atoms with Gasteiger partial charge in [-0.2, -0.15) is 0 Å². The zero-order valence-corrected chi connectivity index (χ0v) is 20.6. The van der Waals surface area contributed by atoms with Crippen molar-refractivity contribution >= 4 is 10.9 Å². The molecular formula is C26H36N6O2. The van der Waals surface area contributed by atoms with Crippen molar-refractivity contribution in [1.82, 2.24) is 30.1 Å². The lowest BCUT2D eigenvalue weighted by atomic mass is 10.0. The molecule has 34 heavy (non-hydrogen) atoms. The maximum Gasteiger partial charge on any atom is 0.252 e. The molecule has 8 heteroatoms. The van der Waals surface area contributed by atoms with Crippen LogP contribution in [0.2, 0.25) is 0 Å². The predicted octanol–water partition coefficient (Wildman–Crippen LogP) is 4.38. The molecule has 1 saturated carbocycles. The molecule has 2 fully saturated rings. The molecule has 182 valence electrons. The van der Waals surface area contributed by atoms with Crippen molar-refractivity contribution in [2.75, 3.05) is 13.2 Å². The number of fused-ring (bicyclic) bond motifs is 1. The highest BCUT2D eigenvalue weighted by molar-refractivity contribution is 5.83. The normalized spacial score (nSPS) is 20.1. The van der Waals surface area contributed by atoms with Gasteiger partial charge in [-0.1, -0.05) is 25.8 Å². The summed E-state index contributed by atoms with van der Waals surface area (Å²) in [7, 11) is 0. The van der Waals surface area contributed by atoms with Gasteiger partial charge in [0.15, 0.2) is 5.82 Å². The first kappa shape index (κ1) is 23.2. The Balaban J connectivity index is 1.50. The quantitative estimate of drug-likeness (QED) is 0.532. The molecule has 2 atom stereocenters. The minimum absolute atomic E-state index is 0.0222. The summed E-state index contributed by atoms with van der Waals surface area (Å²) < 4.78 is 8.07. The number of pyridine rings is 1. The van der Waals surface area contributed by atoms with Gasteiger partial charge in [-0.25, -0.2) is 4.68 Å². The Kier molecular flexibility index (Phi) is 6.79. The number of rotatable bonds is 8. The first-order valence-corrected chi connectivity index (χ1v) is 12.8. The van der Waals surface area contributed by atoms with E-state index in [-0.39, 0.29) is 17.7 Å². The Morgan fingerprint density at radius 1 is 1.18 bits per heavy atom. The molecule has 3 heterocycles. The molecule has 0 spiro atoms. The van der Waals surface area contributed by atoms with Crippen molar-refractivity contribution < 1.29 is 4.74 Å². The van der Waals surface area contributed by atoms with Crippen LogP contribution in [0, 0.1) is 13.8 Å². The standard InChI is InChI=1S/C26H36N6O2/c1-4-24(25-28-29-30-32(25)20-8-5-6-9-20)31(16-21-10-7-11-34-21)15-19-14-22-18(3)12-17(2)13-23(22)27-26(19)33/h12-14,20-21,24H,4-11,15-16H2,1-3H3,(H,27,33)/t21-,24-/m0/s1. The molecular weight excluding hydrogens is 428 g/mol. The highest BCUT2D eigenvalue weighted by atomic mass is 16.5. The van der Waals surface area contributed by atoms with Gasteiger partial charge in [0, 0.05) is 36.2 Å². The summed E-state index contributed by atoms with van der Waals surface area (Å²) in [5.41, 5.74) is 3.97. The highest BCUT2D eigenvalue weighted by Gasteiger charge is 2.31. The topological polar surface area (TPSA) is 88.9 Å². The number of aryl methyl sites for hydroxylation is 2. The Labute approximate surface area is 200 Å². The van der Waals surface area contributed by atoms with Gasteiger partial charge in [-0.3, -0.25) is 9.69 Å². The van der Waals surface area contributed by atoms with E-state index < -0.39 is 0 Å². The lowest BCUT2D eigenvalue weighted by Crippen LogP contribution is -2.38. The van der Waals surface area contributed by atoms with Gasteiger partial charge in [0.1, 0.15) is 0 Å². The minimum Gasteiger partial charge on any atom is -0.377 e. The number of tetrazole rings is 1. The van der Waals surface area contributed by atoms with E-state index in [1.165, 1.54) is 18.4 Å². The summed E-state index contributed by atoms with van der Waals surface area (Å²) in [6.45, 7) is 8.45. The molecule has 5 rings (SSSR count). The molecule has 1 aliphatic heterocycles. The van der Waals surface area contributed by atoms with Crippen molar-refractivity contribution in [3.8, 4) is 0 Å². The fourth-order valence-electron chi connectivity index (χ4n) is 5.84. The van der Waals surface area contributed by atoms with Crippen LogP contribution in [0.3, 0.4) is 0 Å². The number of benzene rings is 1. The average molecular weight is 465 g/mol. The molecule has 0 amide bonds. The highest BCUT2D eigenvalue weighted by Crippen LogP contribution is 2.33. The number of ether oxygens (including phenoxy) is 1. The fraction of sp³-hybridized carbons (Fsp3) is 0.615. The third-order valence-corrected chi connectivity index (χ3v) is 7.54. The van der Waals surface area contributed by atoms with Crippen LogP contribution in [0.25, 0.3) is 10.9 Å². The van der Waals surface area contributed by atoms with Gasteiger partial charge in [-0.15, -0.1) is 5.10 Å². The molecule has 2 aromatic heterocycles. The molecule has 1 aromatic carbocycles. The van der Waals surface area contributed by atoms with E-state index in [1.807, 2.05) is 6.07 Å². The van der Waals surface area contributed by atoms with Crippen LogP contribution in [0.5, 0.6) is 0 Å². The van der Waals surface area contributed by atoms with Crippen LogP contribution in [0.4, 0.5) is 0 Å². The van der Waals surface area contributed by atoms with E-state index in [0.29, 0.717) is 12.6 Å². The molecule has 1 aliphatic carbocycles. The molecule has 0 radical (unpaired) electrons. The van der Waals surface area contributed by atoms with Gasteiger partial charge in [0.2, 0.25) is 0 Å². The number of hydrogen-bond acceptors (Lipinski definition) is 6. The van der Waals surface area contributed by atoms with Gasteiger partial charge in [0.05, 0.1) is 18.2 Å². The number of nitrogens with zero attached hydrogens (tertiary/aromatic N) is 5. The zero-order valence-electron chi connectivity index (χ0n) is 20.6. The monoisotopic (exact) mass is 464 g/mol. The van der Waals surface area contributed by atoms with Crippen LogP contribution in [0.15, 0.2) is 23.0 Å². The smallest absolute Gasteiger partial charge is 0.252 e. The largest absolute Gasteiger partial charge is 0.377 e. The summed E-state index contributed by atoms with van der Waals surface area (Å²) >= 11 is 0. The van der Waals surface area contributed by atoms with E-state index in [4.69, 9.17) is 4.74 Å².